The van der Waals surface area contributed by atoms with Crippen LogP contribution in [-0.2, 0) is 11.3 Å². The van der Waals surface area contributed by atoms with Crippen LogP contribution in [0.15, 0.2) is 54.6 Å². The van der Waals surface area contributed by atoms with Crippen LogP contribution in [-0.4, -0.2) is 34.2 Å². The van der Waals surface area contributed by atoms with Gasteiger partial charge in [-0.25, -0.2) is 4.98 Å². The van der Waals surface area contributed by atoms with Crippen molar-refractivity contribution in [1.29, 1.82) is 5.26 Å². The average molecular weight is 318 g/mol. The SMILES string of the molecule is CN(CC(=O)[C@@H](C#N)c1nc2ccccc2[nH]1)Cc1ccccc1. The second-order valence-corrected chi connectivity index (χ2v) is 5.83. The maximum atomic E-state index is 12.5. The van der Waals surface area contributed by atoms with E-state index in [1.165, 1.54) is 0 Å². The molecule has 5 heteroatoms. The highest BCUT2D eigenvalue weighted by molar-refractivity contribution is 5.90. The van der Waals surface area contributed by atoms with Gasteiger partial charge in [-0.1, -0.05) is 42.5 Å². The first-order valence-corrected chi connectivity index (χ1v) is 7.77. The zero-order chi connectivity index (χ0) is 16.9. The summed E-state index contributed by atoms with van der Waals surface area (Å²) in [7, 11) is 1.87. The zero-order valence-electron chi connectivity index (χ0n) is 13.4. The molecule has 0 aliphatic rings. The van der Waals surface area contributed by atoms with Gasteiger partial charge in [-0.3, -0.25) is 9.69 Å². The summed E-state index contributed by atoms with van der Waals surface area (Å²) >= 11 is 0. The third-order valence-corrected chi connectivity index (χ3v) is 3.85. The highest BCUT2D eigenvalue weighted by atomic mass is 16.1. The molecule has 3 aromatic rings. The normalized spacial score (nSPS) is 12.2. The lowest BCUT2D eigenvalue weighted by Crippen LogP contribution is -2.29. The van der Waals surface area contributed by atoms with E-state index in [0.29, 0.717) is 12.4 Å². The largest absolute Gasteiger partial charge is 0.340 e. The number of benzene rings is 2. The number of likely N-dealkylation sites (N-methyl/N-ethyl adjacent to an activating group) is 1. The minimum Gasteiger partial charge on any atom is -0.340 e. The van der Waals surface area contributed by atoms with Gasteiger partial charge >= 0.3 is 0 Å². The molecular formula is C19H18N4O. The Morgan fingerprint density at radius 1 is 1.21 bits per heavy atom. The van der Waals surface area contributed by atoms with E-state index in [9.17, 15) is 10.1 Å². The Labute approximate surface area is 140 Å². The Kier molecular flexibility index (Phi) is 4.69. The second kappa shape index (κ2) is 7.07. The highest BCUT2D eigenvalue weighted by Crippen LogP contribution is 2.18. The Morgan fingerprint density at radius 3 is 2.62 bits per heavy atom. The number of H-pyrrole nitrogens is 1. The molecule has 3 rings (SSSR count). The van der Waals surface area contributed by atoms with Gasteiger partial charge in [0.25, 0.3) is 0 Å². The van der Waals surface area contributed by atoms with E-state index in [1.807, 2.05) is 66.5 Å². The number of aromatic nitrogens is 2. The molecule has 0 saturated carbocycles. The summed E-state index contributed by atoms with van der Waals surface area (Å²) < 4.78 is 0. The van der Waals surface area contributed by atoms with Crippen LogP contribution in [0.25, 0.3) is 11.0 Å². The van der Waals surface area contributed by atoms with Crippen molar-refractivity contribution in [3.63, 3.8) is 0 Å². The molecule has 0 aliphatic heterocycles. The number of nitriles is 1. The Morgan fingerprint density at radius 2 is 1.92 bits per heavy atom. The van der Waals surface area contributed by atoms with Crippen molar-refractivity contribution in [1.82, 2.24) is 14.9 Å². The summed E-state index contributed by atoms with van der Waals surface area (Å²) in [6, 6.07) is 19.5. The number of para-hydroxylation sites is 2. The lowest BCUT2D eigenvalue weighted by Gasteiger charge is -2.17. The molecule has 0 amide bonds. The number of aromatic amines is 1. The number of carbonyl (C=O) groups excluding carboxylic acids is 1. The number of nitrogens with one attached hydrogen (secondary N) is 1. The molecule has 1 atom stereocenters. The Balaban J connectivity index is 1.71. The van der Waals surface area contributed by atoms with Crippen molar-refractivity contribution >= 4 is 16.8 Å². The summed E-state index contributed by atoms with van der Waals surface area (Å²) in [4.78, 5) is 21.9. The molecule has 0 bridgehead atoms. The van der Waals surface area contributed by atoms with Gasteiger partial charge in [-0.2, -0.15) is 5.26 Å². The van der Waals surface area contributed by atoms with Crippen LogP contribution < -0.4 is 0 Å². The van der Waals surface area contributed by atoms with Gasteiger partial charge in [0.2, 0.25) is 0 Å². The van der Waals surface area contributed by atoms with Crippen LogP contribution in [0.5, 0.6) is 0 Å². The van der Waals surface area contributed by atoms with Gasteiger partial charge in [0.05, 0.1) is 23.6 Å². The number of rotatable bonds is 6. The molecule has 0 unspecified atom stereocenters. The predicted octanol–water partition coefficient (Wildman–Crippen LogP) is 2.87. The highest BCUT2D eigenvalue weighted by Gasteiger charge is 2.24. The van der Waals surface area contributed by atoms with Gasteiger partial charge < -0.3 is 4.98 Å². The molecule has 0 radical (unpaired) electrons. The quantitative estimate of drug-likeness (QED) is 0.758. The maximum absolute atomic E-state index is 12.5. The molecule has 1 aromatic heterocycles. The summed E-state index contributed by atoms with van der Waals surface area (Å²) in [6.45, 7) is 0.856. The van der Waals surface area contributed by atoms with Crippen molar-refractivity contribution in [3.05, 3.63) is 66.0 Å². The summed E-state index contributed by atoms with van der Waals surface area (Å²) in [5, 5.41) is 9.43. The van der Waals surface area contributed by atoms with Crippen LogP contribution >= 0.6 is 0 Å². The van der Waals surface area contributed by atoms with E-state index < -0.39 is 5.92 Å². The molecule has 1 heterocycles. The van der Waals surface area contributed by atoms with Gasteiger partial charge in [-0.15, -0.1) is 0 Å². The first kappa shape index (κ1) is 15.9. The van der Waals surface area contributed by atoms with Gasteiger partial charge in [-0.05, 0) is 24.7 Å². The molecule has 0 fully saturated rings. The van der Waals surface area contributed by atoms with Gasteiger partial charge in [0.15, 0.2) is 11.7 Å². The van der Waals surface area contributed by atoms with E-state index in [1.54, 1.807) is 0 Å². The van der Waals surface area contributed by atoms with Crippen LogP contribution in [0.3, 0.4) is 0 Å². The van der Waals surface area contributed by atoms with Crippen LogP contribution in [0.2, 0.25) is 0 Å². The van der Waals surface area contributed by atoms with E-state index >= 15 is 0 Å². The van der Waals surface area contributed by atoms with Crippen molar-refractivity contribution in [3.8, 4) is 6.07 Å². The van der Waals surface area contributed by atoms with E-state index in [2.05, 4.69) is 16.0 Å². The molecular weight excluding hydrogens is 300 g/mol. The van der Waals surface area contributed by atoms with Crippen molar-refractivity contribution < 1.29 is 4.79 Å². The summed E-state index contributed by atoms with van der Waals surface area (Å²) in [5.41, 5.74) is 2.72. The van der Waals surface area contributed by atoms with Gasteiger partial charge in [0, 0.05) is 6.54 Å². The fourth-order valence-electron chi connectivity index (χ4n) is 2.70. The number of hydrogen-bond donors (Lipinski definition) is 1. The van der Waals surface area contributed by atoms with E-state index in [0.717, 1.165) is 16.6 Å². The number of Topliss-reactive ketones (excluding diaryl/α,β-unsaturated/α-hetero) is 1. The molecule has 120 valence electrons. The number of imidazole rings is 1. The van der Waals surface area contributed by atoms with Crippen molar-refractivity contribution in [2.24, 2.45) is 0 Å². The molecule has 0 aliphatic carbocycles. The lowest BCUT2D eigenvalue weighted by molar-refractivity contribution is -0.120. The Bertz CT molecular complexity index is 846. The van der Waals surface area contributed by atoms with Crippen molar-refractivity contribution in [2.45, 2.75) is 12.5 Å². The minimum atomic E-state index is -0.879. The van der Waals surface area contributed by atoms with Crippen LogP contribution in [0.4, 0.5) is 0 Å². The van der Waals surface area contributed by atoms with E-state index in [-0.39, 0.29) is 12.3 Å². The zero-order valence-corrected chi connectivity index (χ0v) is 13.4. The fourth-order valence-corrected chi connectivity index (χ4v) is 2.70. The lowest BCUT2D eigenvalue weighted by atomic mass is 10.0. The van der Waals surface area contributed by atoms with E-state index in [4.69, 9.17) is 0 Å². The average Bonchev–Trinajstić information content (AvgIpc) is 2.99. The van der Waals surface area contributed by atoms with Crippen molar-refractivity contribution in [2.75, 3.05) is 13.6 Å². The number of ketones is 1. The third-order valence-electron chi connectivity index (χ3n) is 3.85. The molecule has 24 heavy (non-hydrogen) atoms. The predicted molar refractivity (Wildman–Crippen MR) is 92.2 cm³/mol. The first-order chi connectivity index (χ1) is 11.7. The first-order valence-electron chi connectivity index (χ1n) is 7.77. The van der Waals surface area contributed by atoms with Gasteiger partial charge in [0.1, 0.15) is 5.82 Å². The minimum absolute atomic E-state index is 0.157. The number of fused-ring (bicyclic) bond motifs is 1. The summed E-state index contributed by atoms with van der Waals surface area (Å²) in [5.74, 6) is -0.623. The molecule has 0 saturated heterocycles. The molecule has 1 N–H and O–H groups in total. The molecule has 5 nitrogen and oxygen atoms in total. The Hall–Kier alpha value is -2.97. The fraction of sp³-hybridized carbons (Fsp3) is 0.211. The molecule has 0 spiro atoms. The number of nitrogens with zero attached hydrogens (tertiary/aromatic N) is 3. The third kappa shape index (κ3) is 3.50. The number of carbonyl (C=O) groups is 1. The monoisotopic (exact) mass is 318 g/mol. The topological polar surface area (TPSA) is 72.8 Å². The van der Waals surface area contributed by atoms with Crippen LogP contribution in [0, 0.1) is 11.3 Å². The van der Waals surface area contributed by atoms with Crippen LogP contribution in [0.1, 0.15) is 17.3 Å². The maximum Gasteiger partial charge on any atom is 0.171 e. The standard InChI is InChI=1S/C19H18N4O/c1-23(12-14-7-3-2-4-8-14)13-18(24)15(11-20)19-21-16-9-5-6-10-17(16)22-19/h2-10,15H,12-13H2,1H3,(H,21,22)/t15-/m1/s1. The smallest absolute Gasteiger partial charge is 0.171 e. The summed E-state index contributed by atoms with van der Waals surface area (Å²) in [6.07, 6.45) is 0. The molecule has 2 aromatic carbocycles. The number of hydrogen-bond acceptors (Lipinski definition) is 4. The second-order valence-electron chi connectivity index (χ2n) is 5.83.